The SMILES string of the molecule is CN1CCC(=C2c3cc(F)ccc3CCc3cccnc32)CC1. The van der Waals surface area contributed by atoms with Crippen molar-refractivity contribution in [3.05, 3.63) is 70.3 Å². The predicted octanol–water partition coefficient (Wildman–Crippen LogP) is 3.85. The number of benzene rings is 1. The smallest absolute Gasteiger partial charge is 0.123 e. The van der Waals surface area contributed by atoms with Crippen LogP contribution in [0.4, 0.5) is 4.39 Å². The molecule has 118 valence electrons. The van der Waals surface area contributed by atoms with Gasteiger partial charge in [0.05, 0.1) is 5.69 Å². The second-order valence-electron chi connectivity index (χ2n) is 6.59. The van der Waals surface area contributed by atoms with E-state index in [-0.39, 0.29) is 5.82 Å². The van der Waals surface area contributed by atoms with Gasteiger partial charge in [0.1, 0.15) is 5.82 Å². The molecule has 3 heteroatoms. The summed E-state index contributed by atoms with van der Waals surface area (Å²) in [5, 5.41) is 0. The molecule has 1 aromatic carbocycles. The minimum atomic E-state index is -0.158. The van der Waals surface area contributed by atoms with Crippen molar-refractivity contribution >= 4 is 5.57 Å². The summed E-state index contributed by atoms with van der Waals surface area (Å²) in [5.41, 5.74) is 7.27. The van der Waals surface area contributed by atoms with E-state index in [0.29, 0.717) is 0 Å². The first-order chi connectivity index (χ1) is 11.2. The third-order valence-electron chi connectivity index (χ3n) is 5.08. The monoisotopic (exact) mass is 308 g/mol. The van der Waals surface area contributed by atoms with Crippen molar-refractivity contribution in [1.82, 2.24) is 9.88 Å². The molecule has 1 aliphatic heterocycles. The topological polar surface area (TPSA) is 16.1 Å². The Hall–Kier alpha value is -2.00. The lowest BCUT2D eigenvalue weighted by Gasteiger charge is -2.27. The molecule has 0 unspecified atom stereocenters. The van der Waals surface area contributed by atoms with E-state index >= 15 is 0 Å². The third kappa shape index (κ3) is 2.70. The molecule has 2 aromatic rings. The van der Waals surface area contributed by atoms with Crippen LogP contribution in [-0.4, -0.2) is 30.0 Å². The highest BCUT2D eigenvalue weighted by atomic mass is 19.1. The van der Waals surface area contributed by atoms with Gasteiger partial charge in [-0.2, -0.15) is 0 Å². The van der Waals surface area contributed by atoms with Gasteiger partial charge in [0, 0.05) is 24.9 Å². The lowest BCUT2D eigenvalue weighted by Crippen LogP contribution is -2.27. The molecule has 1 aliphatic carbocycles. The third-order valence-corrected chi connectivity index (χ3v) is 5.08. The van der Waals surface area contributed by atoms with Gasteiger partial charge in [-0.05, 0) is 67.6 Å². The van der Waals surface area contributed by atoms with Crippen LogP contribution in [0.25, 0.3) is 5.57 Å². The zero-order valence-electron chi connectivity index (χ0n) is 13.5. The van der Waals surface area contributed by atoms with Gasteiger partial charge in [0.2, 0.25) is 0 Å². The fourth-order valence-corrected chi connectivity index (χ4v) is 3.76. The van der Waals surface area contributed by atoms with Crippen molar-refractivity contribution in [3.8, 4) is 0 Å². The van der Waals surface area contributed by atoms with E-state index in [1.165, 1.54) is 22.3 Å². The number of pyridine rings is 1. The number of hydrogen-bond donors (Lipinski definition) is 0. The first-order valence-corrected chi connectivity index (χ1v) is 8.36. The first-order valence-electron chi connectivity index (χ1n) is 8.36. The molecule has 0 bridgehead atoms. The van der Waals surface area contributed by atoms with Crippen LogP contribution in [0.2, 0.25) is 0 Å². The number of rotatable bonds is 0. The summed E-state index contributed by atoms with van der Waals surface area (Å²) in [6, 6.07) is 9.41. The highest BCUT2D eigenvalue weighted by Gasteiger charge is 2.24. The van der Waals surface area contributed by atoms with Crippen molar-refractivity contribution in [2.45, 2.75) is 25.7 Å². The van der Waals surface area contributed by atoms with E-state index in [4.69, 9.17) is 0 Å². The molecule has 0 saturated carbocycles. The van der Waals surface area contributed by atoms with Crippen molar-refractivity contribution in [3.63, 3.8) is 0 Å². The summed E-state index contributed by atoms with van der Waals surface area (Å²) in [6.07, 6.45) is 5.86. The number of fused-ring (bicyclic) bond motifs is 2. The molecule has 1 saturated heterocycles. The van der Waals surface area contributed by atoms with Crippen LogP contribution in [0.1, 0.15) is 35.2 Å². The van der Waals surface area contributed by atoms with E-state index in [1.807, 2.05) is 18.3 Å². The molecular formula is C20H21FN2. The zero-order valence-corrected chi connectivity index (χ0v) is 13.5. The lowest BCUT2D eigenvalue weighted by atomic mass is 9.88. The number of nitrogens with zero attached hydrogens (tertiary/aromatic N) is 2. The first kappa shape index (κ1) is 14.6. The average molecular weight is 308 g/mol. The normalized spacial score (nSPS) is 18.3. The van der Waals surface area contributed by atoms with Crippen LogP contribution >= 0.6 is 0 Å². The summed E-state index contributed by atoms with van der Waals surface area (Å²) in [6.45, 7) is 2.12. The summed E-state index contributed by atoms with van der Waals surface area (Å²) in [5.74, 6) is -0.158. The van der Waals surface area contributed by atoms with Gasteiger partial charge in [-0.25, -0.2) is 4.39 Å². The van der Waals surface area contributed by atoms with Crippen LogP contribution in [0.3, 0.4) is 0 Å². The largest absolute Gasteiger partial charge is 0.306 e. The molecule has 4 rings (SSSR count). The zero-order chi connectivity index (χ0) is 15.8. The molecule has 2 heterocycles. The Morgan fingerprint density at radius 1 is 1.00 bits per heavy atom. The highest BCUT2D eigenvalue weighted by Crippen LogP contribution is 2.37. The second-order valence-corrected chi connectivity index (χ2v) is 6.59. The molecule has 2 nitrogen and oxygen atoms in total. The second kappa shape index (κ2) is 5.89. The Balaban J connectivity index is 1.95. The van der Waals surface area contributed by atoms with Gasteiger partial charge in [0.15, 0.2) is 0 Å². The highest BCUT2D eigenvalue weighted by molar-refractivity contribution is 5.84. The van der Waals surface area contributed by atoms with Crippen molar-refractivity contribution in [2.75, 3.05) is 20.1 Å². The van der Waals surface area contributed by atoms with E-state index in [9.17, 15) is 4.39 Å². The van der Waals surface area contributed by atoms with E-state index in [2.05, 4.69) is 23.0 Å². The number of aryl methyl sites for hydroxylation is 2. The summed E-state index contributed by atoms with van der Waals surface area (Å²) in [7, 11) is 2.16. The van der Waals surface area contributed by atoms with Crippen molar-refractivity contribution in [2.24, 2.45) is 0 Å². The molecule has 0 amide bonds. The fourth-order valence-electron chi connectivity index (χ4n) is 3.76. The Morgan fingerprint density at radius 2 is 1.78 bits per heavy atom. The van der Waals surface area contributed by atoms with Crippen LogP contribution < -0.4 is 0 Å². The Morgan fingerprint density at radius 3 is 2.61 bits per heavy atom. The van der Waals surface area contributed by atoms with Crippen LogP contribution in [0.15, 0.2) is 42.1 Å². The number of hydrogen-bond acceptors (Lipinski definition) is 2. The standard InChI is InChI=1S/C20H21FN2/c1-23-11-8-15(9-12-23)19-18-13-17(21)7-6-14(18)4-5-16-3-2-10-22-20(16)19/h2-3,6-7,10,13H,4-5,8-9,11-12H2,1H3. The number of piperidine rings is 1. The lowest BCUT2D eigenvalue weighted by molar-refractivity contribution is 0.313. The van der Waals surface area contributed by atoms with Crippen LogP contribution in [0, 0.1) is 5.82 Å². The molecule has 2 aliphatic rings. The Kier molecular flexibility index (Phi) is 3.74. The van der Waals surface area contributed by atoms with Gasteiger partial charge in [-0.3, -0.25) is 4.98 Å². The summed E-state index contributed by atoms with van der Waals surface area (Å²) >= 11 is 0. The molecular weight excluding hydrogens is 287 g/mol. The van der Waals surface area contributed by atoms with E-state index < -0.39 is 0 Å². The Bertz CT molecular complexity index is 769. The number of likely N-dealkylation sites (tertiary alicyclic amines) is 1. The maximum absolute atomic E-state index is 14.0. The molecule has 0 spiro atoms. The van der Waals surface area contributed by atoms with Gasteiger partial charge in [-0.15, -0.1) is 0 Å². The molecule has 1 fully saturated rings. The van der Waals surface area contributed by atoms with Crippen molar-refractivity contribution < 1.29 is 4.39 Å². The number of aromatic nitrogens is 1. The van der Waals surface area contributed by atoms with Crippen LogP contribution in [-0.2, 0) is 12.8 Å². The van der Waals surface area contributed by atoms with Crippen LogP contribution in [0.5, 0.6) is 0 Å². The summed E-state index contributed by atoms with van der Waals surface area (Å²) < 4.78 is 14.0. The number of halogens is 1. The fraction of sp³-hybridized carbons (Fsp3) is 0.350. The minimum Gasteiger partial charge on any atom is -0.306 e. The molecule has 0 N–H and O–H groups in total. The maximum atomic E-state index is 14.0. The van der Waals surface area contributed by atoms with E-state index in [0.717, 1.165) is 50.0 Å². The maximum Gasteiger partial charge on any atom is 0.123 e. The molecule has 1 aromatic heterocycles. The Labute approximate surface area is 136 Å². The summed E-state index contributed by atoms with van der Waals surface area (Å²) in [4.78, 5) is 7.04. The average Bonchev–Trinajstić information content (AvgIpc) is 2.72. The minimum absolute atomic E-state index is 0.158. The van der Waals surface area contributed by atoms with Gasteiger partial charge < -0.3 is 4.90 Å². The van der Waals surface area contributed by atoms with Gasteiger partial charge >= 0.3 is 0 Å². The predicted molar refractivity (Wildman–Crippen MR) is 90.8 cm³/mol. The quantitative estimate of drug-likeness (QED) is 0.735. The molecule has 0 atom stereocenters. The van der Waals surface area contributed by atoms with Gasteiger partial charge in [0.25, 0.3) is 0 Å². The molecule has 23 heavy (non-hydrogen) atoms. The van der Waals surface area contributed by atoms with E-state index in [1.54, 1.807) is 12.1 Å². The van der Waals surface area contributed by atoms with Gasteiger partial charge in [-0.1, -0.05) is 17.7 Å². The molecule has 0 radical (unpaired) electrons. The van der Waals surface area contributed by atoms with Crippen molar-refractivity contribution in [1.29, 1.82) is 0 Å².